The summed E-state index contributed by atoms with van der Waals surface area (Å²) in [4.78, 5) is 11.4. The molecule has 0 amide bonds. The lowest BCUT2D eigenvalue weighted by atomic mass is 9.74. The first-order valence-corrected chi connectivity index (χ1v) is 7.30. The van der Waals surface area contributed by atoms with E-state index in [0.29, 0.717) is 19.4 Å². The summed E-state index contributed by atoms with van der Waals surface area (Å²) < 4.78 is 5.68. The van der Waals surface area contributed by atoms with Crippen LogP contribution in [0.1, 0.15) is 39.0 Å². The average molecular weight is 282 g/mol. The van der Waals surface area contributed by atoms with E-state index in [2.05, 4.69) is 0 Å². The normalized spacial score (nSPS) is 46.0. The van der Waals surface area contributed by atoms with E-state index in [1.54, 1.807) is 0 Å². The van der Waals surface area contributed by atoms with Crippen molar-refractivity contribution in [3.63, 3.8) is 0 Å². The van der Waals surface area contributed by atoms with Crippen LogP contribution in [0.15, 0.2) is 11.1 Å². The number of carbonyl (C=O) groups is 1. The molecule has 112 valence electrons. The minimum atomic E-state index is -1.76. The van der Waals surface area contributed by atoms with Gasteiger partial charge in [0, 0.05) is 5.41 Å². The smallest absolute Gasteiger partial charge is 0.338 e. The molecular formula is C15H22O5. The highest BCUT2D eigenvalue weighted by Gasteiger charge is 2.60. The van der Waals surface area contributed by atoms with Crippen molar-refractivity contribution in [2.45, 2.75) is 50.7 Å². The van der Waals surface area contributed by atoms with Gasteiger partial charge in [-0.3, -0.25) is 0 Å². The van der Waals surface area contributed by atoms with Gasteiger partial charge in [-0.2, -0.15) is 0 Å². The molecule has 1 heterocycles. The molecule has 20 heavy (non-hydrogen) atoms. The predicted octanol–water partition coefficient (Wildman–Crippen LogP) is 1.09. The van der Waals surface area contributed by atoms with Crippen molar-refractivity contribution in [3.05, 3.63) is 11.1 Å². The van der Waals surface area contributed by atoms with E-state index < -0.39 is 17.7 Å². The van der Waals surface area contributed by atoms with E-state index >= 15 is 0 Å². The van der Waals surface area contributed by atoms with Gasteiger partial charge in [-0.1, -0.05) is 5.57 Å². The number of ether oxygens (including phenoxy) is 1. The van der Waals surface area contributed by atoms with Gasteiger partial charge in [0.1, 0.15) is 0 Å². The molecule has 3 aliphatic rings. The van der Waals surface area contributed by atoms with Crippen LogP contribution >= 0.6 is 0 Å². The molecule has 3 N–H and O–H groups in total. The number of allylic oxidation sites excluding steroid dienone is 1. The molecule has 5 heteroatoms. The number of fused-ring (bicyclic) bond motifs is 1. The molecule has 0 aromatic heterocycles. The summed E-state index contributed by atoms with van der Waals surface area (Å²) >= 11 is 0. The molecule has 1 saturated heterocycles. The Morgan fingerprint density at radius 1 is 1.45 bits per heavy atom. The van der Waals surface area contributed by atoms with Crippen LogP contribution < -0.4 is 0 Å². The summed E-state index contributed by atoms with van der Waals surface area (Å²) in [5.74, 6) is -0.933. The number of aliphatic hydroxyl groups excluding tert-OH is 1. The summed E-state index contributed by atoms with van der Waals surface area (Å²) in [5.41, 5.74) is 0.463. The second kappa shape index (κ2) is 4.55. The Labute approximate surface area is 118 Å². The Morgan fingerprint density at radius 3 is 2.85 bits per heavy atom. The highest BCUT2D eigenvalue weighted by molar-refractivity contribution is 5.78. The minimum absolute atomic E-state index is 0.0314. The lowest BCUT2D eigenvalue weighted by molar-refractivity contribution is -0.174. The zero-order valence-electron chi connectivity index (χ0n) is 11.8. The Bertz CT molecular complexity index is 471. The molecule has 0 unspecified atom stereocenters. The van der Waals surface area contributed by atoms with Gasteiger partial charge in [0.15, 0.2) is 5.60 Å². The Hall–Kier alpha value is -0.910. The van der Waals surface area contributed by atoms with Crippen LogP contribution in [0.3, 0.4) is 0 Å². The SMILES string of the molecule is C/C(CO)=C1/CC[C@@]23CO[C@@H](C2)[C@](O)(C(=O)O)CC[C@H]13. The number of aliphatic hydroxyl groups is 2. The maximum Gasteiger partial charge on any atom is 0.338 e. The number of carboxylic acid groups (broad SMARTS) is 1. The summed E-state index contributed by atoms with van der Waals surface area (Å²) in [5, 5.41) is 29.2. The van der Waals surface area contributed by atoms with Gasteiger partial charge < -0.3 is 20.1 Å². The van der Waals surface area contributed by atoms with Gasteiger partial charge in [0.05, 0.1) is 19.3 Å². The minimum Gasteiger partial charge on any atom is -0.479 e. The number of aliphatic carboxylic acids is 1. The van der Waals surface area contributed by atoms with Crippen LogP contribution in [-0.4, -0.2) is 46.2 Å². The second-order valence-electron chi connectivity index (χ2n) is 6.65. The molecule has 4 atom stereocenters. The van der Waals surface area contributed by atoms with Crippen LogP contribution in [0.2, 0.25) is 0 Å². The van der Waals surface area contributed by atoms with Crippen molar-refractivity contribution in [2.75, 3.05) is 13.2 Å². The summed E-state index contributed by atoms with van der Waals surface area (Å²) in [7, 11) is 0. The third-order valence-corrected chi connectivity index (χ3v) is 5.72. The van der Waals surface area contributed by atoms with Crippen molar-refractivity contribution in [2.24, 2.45) is 11.3 Å². The van der Waals surface area contributed by atoms with Gasteiger partial charge >= 0.3 is 5.97 Å². The maximum absolute atomic E-state index is 11.4. The van der Waals surface area contributed by atoms with E-state index in [0.717, 1.165) is 18.4 Å². The molecule has 0 radical (unpaired) electrons. The number of hydrogen-bond acceptors (Lipinski definition) is 4. The third-order valence-electron chi connectivity index (χ3n) is 5.72. The Morgan fingerprint density at radius 2 is 2.20 bits per heavy atom. The highest BCUT2D eigenvalue weighted by Crippen LogP contribution is 2.59. The first-order chi connectivity index (χ1) is 9.43. The van der Waals surface area contributed by atoms with Crippen molar-refractivity contribution in [3.8, 4) is 0 Å². The van der Waals surface area contributed by atoms with E-state index in [1.165, 1.54) is 5.57 Å². The van der Waals surface area contributed by atoms with Crippen LogP contribution in [-0.2, 0) is 9.53 Å². The van der Waals surface area contributed by atoms with E-state index in [4.69, 9.17) is 4.74 Å². The molecular weight excluding hydrogens is 260 g/mol. The largest absolute Gasteiger partial charge is 0.479 e. The fourth-order valence-corrected chi connectivity index (χ4v) is 4.44. The molecule has 1 aliphatic heterocycles. The molecule has 5 nitrogen and oxygen atoms in total. The molecule has 0 aromatic rings. The zero-order valence-corrected chi connectivity index (χ0v) is 11.8. The monoisotopic (exact) mass is 282 g/mol. The lowest BCUT2D eigenvalue weighted by Gasteiger charge is -2.31. The van der Waals surface area contributed by atoms with Crippen LogP contribution in [0.25, 0.3) is 0 Å². The topological polar surface area (TPSA) is 87.0 Å². The Balaban J connectivity index is 1.98. The van der Waals surface area contributed by atoms with E-state index in [9.17, 15) is 20.1 Å². The first-order valence-electron chi connectivity index (χ1n) is 7.30. The standard InChI is InChI=1S/C15H22O5/c1-9(7-16)10-2-4-14-6-12(20-8-14)15(19,13(17)18)5-3-11(10)14/h11-12,16,19H,2-8H2,1H3,(H,17,18)/b10-9+/t11-,12+,14+,15+/m1/s1. The van der Waals surface area contributed by atoms with Crippen molar-refractivity contribution in [1.82, 2.24) is 0 Å². The maximum atomic E-state index is 11.4. The molecule has 3 fully saturated rings. The van der Waals surface area contributed by atoms with E-state index in [-0.39, 0.29) is 24.4 Å². The Kier molecular flexibility index (Phi) is 3.19. The quantitative estimate of drug-likeness (QED) is 0.660. The first kappa shape index (κ1) is 14.0. The number of rotatable bonds is 2. The van der Waals surface area contributed by atoms with Crippen molar-refractivity contribution in [1.29, 1.82) is 0 Å². The van der Waals surface area contributed by atoms with Crippen LogP contribution in [0, 0.1) is 11.3 Å². The summed E-state index contributed by atoms with van der Waals surface area (Å²) in [6, 6.07) is 0. The number of carboxylic acids is 1. The van der Waals surface area contributed by atoms with Gasteiger partial charge in [-0.05, 0) is 50.5 Å². The zero-order chi connectivity index (χ0) is 14.5. The third kappa shape index (κ3) is 1.76. The molecule has 2 saturated carbocycles. The molecule has 3 rings (SSSR count). The summed E-state index contributed by atoms with van der Waals surface area (Å²) in [6.45, 7) is 2.52. The van der Waals surface area contributed by atoms with Crippen molar-refractivity contribution < 1.29 is 24.9 Å². The molecule has 2 aliphatic carbocycles. The van der Waals surface area contributed by atoms with E-state index in [1.807, 2.05) is 6.92 Å². The average Bonchev–Trinajstić information content (AvgIpc) is 2.97. The summed E-state index contributed by atoms with van der Waals surface area (Å²) in [6.07, 6.45) is 2.83. The van der Waals surface area contributed by atoms with Gasteiger partial charge in [0.2, 0.25) is 0 Å². The lowest BCUT2D eigenvalue weighted by Crippen LogP contribution is -2.49. The fraction of sp³-hybridized carbons (Fsp3) is 0.800. The second-order valence-corrected chi connectivity index (χ2v) is 6.65. The van der Waals surface area contributed by atoms with Crippen molar-refractivity contribution >= 4 is 5.97 Å². The molecule has 2 bridgehead atoms. The molecule has 1 spiro atoms. The predicted molar refractivity (Wildman–Crippen MR) is 71.1 cm³/mol. The molecule has 0 aromatic carbocycles. The van der Waals surface area contributed by atoms with Gasteiger partial charge in [0.25, 0.3) is 0 Å². The van der Waals surface area contributed by atoms with Crippen LogP contribution in [0.4, 0.5) is 0 Å². The number of hydrogen-bond donors (Lipinski definition) is 3. The van der Waals surface area contributed by atoms with Crippen LogP contribution in [0.5, 0.6) is 0 Å². The fourth-order valence-electron chi connectivity index (χ4n) is 4.44. The van der Waals surface area contributed by atoms with Gasteiger partial charge in [-0.15, -0.1) is 0 Å². The van der Waals surface area contributed by atoms with Gasteiger partial charge in [-0.25, -0.2) is 4.79 Å². The highest BCUT2D eigenvalue weighted by atomic mass is 16.5.